The average molecular weight is 706 g/mol. The van der Waals surface area contributed by atoms with Crippen molar-refractivity contribution in [1.82, 2.24) is 5.32 Å². The summed E-state index contributed by atoms with van der Waals surface area (Å²) in [5.74, 6) is -1.78. The zero-order valence-corrected chi connectivity index (χ0v) is 26.8. The van der Waals surface area contributed by atoms with Crippen molar-refractivity contribution in [2.75, 3.05) is 36.8 Å². The molecule has 1 aliphatic heterocycles. The summed E-state index contributed by atoms with van der Waals surface area (Å²) in [4.78, 5) is 12.8. The van der Waals surface area contributed by atoms with E-state index < -0.39 is 47.4 Å². The van der Waals surface area contributed by atoms with E-state index in [-0.39, 0.29) is 49.9 Å². The number of azo groups is 2. The number of hydrogen-bond donors (Lipinski definition) is 6. The highest BCUT2D eigenvalue weighted by atomic mass is 32.2. The molecule has 0 aromatic heterocycles. The molecule has 0 saturated carbocycles. The number of benzene rings is 5. The Morgan fingerprint density at radius 1 is 0.755 bits per heavy atom. The van der Waals surface area contributed by atoms with Gasteiger partial charge in [0.1, 0.15) is 10.6 Å². The number of aromatic carboxylic acids is 1. The summed E-state index contributed by atoms with van der Waals surface area (Å²) in [6, 6.07) is 16.4. The molecule has 0 aliphatic carbocycles. The first-order valence-electron chi connectivity index (χ1n) is 14.4. The SMILES string of the molecule is Nc1ccc2cc(S(=O)(=O)O)c(N=Nc3ccc(N=Nc4ccc(N5CCNCC5)c(C(=O)O)c4)c4ccc(S(=O)(=O)O)cc34)c(O)c2c1. The highest BCUT2D eigenvalue weighted by Gasteiger charge is 2.23. The maximum absolute atomic E-state index is 12.2. The van der Waals surface area contributed by atoms with Crippen LogP contribution < -0.4 is 16.0 Å². The predicted octanol–water partition coefficient (Wildman–Crippen LogP) is 5.71. The molecule has 1 heterocycles. The minimum atomic E-state index is -4.92. The topological polar surface area (TPSA) is 257 Å². The van der Waals surface area contributed by atoms with Crippen LogP contribution in [0.1, 0.15) is 10.4 Å². The lowest BCUT2D eigenvalue weighted by Gasteiger charge is -2.30. The second-order valence-corrected chi connectivity index (χ2v) is 13.8. The minimum Gasteiger partial charge on any atom is -0.505 e. The molecule has 1 aliphatic rings. The van der Waals surface area contributed by atoms with Gasteiger partial charge in [-0.2, -0.15) is 21.9 Å². The summed E-state index contributed by atoms with van der Waals surface area (Å²) in [7, 11) is -9.60. The third-order valence-corrected chi connectivity index (χ3v) is 9.51. The number of carbonyl (C=O) groups is 1. The van der Waals surface area contributed by atoms with E-state index in [1.807, 2.05) is 4.90 Å². The fourth-order valence-electron chi connectivity index (χ4n) is 5.44. The van der Waals surface area contributed by atoms with Crippen molar-refractivity contribution in [2.45, 2.75) is 9.79 Å². The molecule has 18 heteroatoms. The van der Waals surface area contributed by atoms with Crippen molar-refractivity contribution in [3.05, 3.63) is 78.4 Å². The van der Waals surface area contributed by atoms with E-state index in [1.165, 1.54) is 42.5 Å². The van der Waals surface area contributed by atoms with Crippen LogP contribution in [0.15, 0.2) is 103 Å². The smallest absolute Gasteiger partial charge is 0.337 e. The third kappa shape index (κ3) is 6.89. The van der Waals surface area contributed by atoms with Gasteiger partial charge < -0.3 is 26.2 Å². The summed E-state index contributed by atoms with van der Waals surface area (Å²) in [6.45, 7) is 2.69. The number of carboxylic acids is 1. The minimum absolute atomic E-state index is 0.0404. The van der Waals surface area contributed by atoms with Crippen LogP contribution in [0, 0.1) is 0 Å². The van der Waals surface area contributed by atoms with Gasteiger partial charge in [-0.3, -0.25) is 9.11 Å². The van der Waals surface area contributed by atoms with Crippen LogP contribution in [-0.2, 0) is 20.2 Å². The Labute approximate surface area is 278 Å². The third-order valence-electron chi connectivity index (χ3n) is 7.79. The molecule has 16 nitrogen and oxygen atoms in total. The van der Waals surface area contributed by atoms with Crippen molar-refractivity contribution in [3.63, 3.8) is 0 Å². The van der Waals surface area contributed by atoms with E-state index in [2.05, 4.69) is 25.8 Å². The Morgan fingerprint density at radius 2 is 1.45 bits per heavy atom. The van der Waals surface area contributed by atoms with Gasteiger partial charge >= 0.3 is 5.97 Å². The standard InChI is InChI=1S/C31H27N7O9S2/c32-18-2-1-17-13-28(49(45,46)47)29(30(39)22(17)14-18)37-36-26-7-6-25(21-5-4-20(16-23(21)26)48(42,43)44)35-34-19-3-8-27(24(15-19)31(40)41)38-11-9-33-10-12-38/h1-8,13-16,33,39H,9-12,32H2,(H,40,41)(H,42,43,44)(H,45,46,47). The maximum Gasteiger partial charge on any atom is 0.337 e. The van der Waals surface area contributed by atoms with E-state index in [1.54, 1.807) is 12.1 Å². The molecule has 0 amide bonds. The van der Waals surface area contributed by atoms with Gasteiger partial charge in [-0.25, -0.2) is 4.79 Å². The van der Waals surface area contributed by atoms with Gasteiger partial charge in [-0.15, -0.1) is 15.3 Å². The van der Waals surface area contributed by atoms with E-state index >= 15 is 0 Å². The monoisotopic (exact) mass is 705 g/mol. The molecule has 7 N–H and O–H groups in total. The molecule has 0 radical (unpaired) electrons. The first-order valence-corrected chi connectivity index (χ1v) is 17.3. The number of anilines is 2. The Hall–Kier alpha value is -5.53. The van der Waals surface area contributed by atoms with Crippen LogP contribution in [-0.4, -0.2) is 68.3 Å². The van der Waals surface area contributed by atoms with E-state index in [9.17, 15) is 40.9 Å². The van der Waals surface area contributed by atoms with E-state index in [4.69, 9.17) is 5.73 Å². The van der Waals surface area contributed by atoms with Gasteiger partial charge in [-0.05, 0) is 66.0 Å². The number of aromatic hydroxyl groups is 1. The number of hydrogen-bond acceptors (Lipinski definition) is 13. The Morgan fingerprint density at radius 3 is 2.12 bits per heavy atom. The second-order valence-electron chi connectivity index (χ2n) is 11.0. The number of nitrogens with one attached hydrogen (secondary N) is 1. The number of nitrogen functional groups attached to an aromatic ring is 1. The second kappa shape index (κ2) is 12.8. The van der Waals surface area contributed by atoms with Gasteiger partial charge in [-0.1, -0.05) is 12.1 Å². The van der Waals surface area contributed by atoms with Crippen LogP contribution in [0.4, 0.5) is 34.1 Å². The fraction of sp³-hybridized carbons (Fsp3) is 0.129. The number of piperazine rings is 1. The Kier molecular flexibility index (Phi) is 8.73. The molecule has 6 rings (SSSR count). The molecule has 5 aromatic carbocycles. The normalized spacial score (nSPS) is 14.4. The molecule has 5 aromatic rings. The maximum atomic E-state index is 12.2. The summed E-state index contributed by atoms with van der Waals surface area (Å²) >= 11 is 0. The van der Waals surface area contributed by atoms with E-state index in [0.29, 0.717) is 31.9 Å². The van der Waals surface area contributed by atoms with Crippen LogP contribution in [0.25, 0.3) is 21.5 Å². The molecule has 49 heavy (non-hydrogen) atoms. The average Bonchev–Trinajstić information content (AvgIpc) is 3.06. The molecule has 1 fully saturated rings. The van der Waals surface area contributed by atoms with Gasteiger partial charge in [0.2, 0.25) is 0 Å². The largest absolute Gasteiger partial charge is 0.505 e. The summed E-state index contributed by atoms with van der Waals surface area (Å²) < 4.78 is 68.1. The van der Waals surface area contributed by atoms with Crippen molar-refractivity contribution in [3.8, 4) is 5.75 Å². The lowest BCUT2D eigenvalue weighted by molar-refractivity contribution is 0.0697. The highest BCUT2D eigenvalue weighted by Crippen LogP contribution is 2.43. The zero-order valence-electron chi connectivity index (χ0n) is 25.2. The van der Waals surface area contributed by atoms with Gasteiger partial charge in [0.15, 0.2) is 5.75 Å². The number of phenolic OH excluding ortho intramolecular Hbond substituents is 1. The summed E-state index contributed by atoms with van der Waals surface area (Å²) in [5, 5.41) is 41.2. The number of nitrogens with zero attached hydrogens (tertiary/aromatic N) is 5. The molecule has 0 unspecified atom stereocenters. The molecular weight excluding hydrogens is 679 g/mol. The number of phenols is 1. The van der Waals surface area contributed by atoms with Gasteiger partial charge in [0.25, 0.3) is 20.2 Å². The van der Waals surface area contributed by atoms with Crippen LogP contribution in [0.5, 0.6) is 5.75 Å². The number of carboxylic acid groups (broad SMARTS) is 1. The van der Waals surface area contributed by atoms with Crippen molar-refractivity contribution < 1.29 is 40.9 Å². The lowest BCUT2D eigenvalue weighted by Crippen LogP contribution is -2.44. The number of rotatable bonds is 8. The molecule has 0 spiro atoms. The number of fused-ring (bicyclic) bond motifs is 2. The molecular formula is C31H27N7O9S2. The molecule has 1 saturated heterocycles. The Bertz CT molecular complexity index is 2450. The van der Waals surface area contributed by atoms with Crippen molar-refractivity contribution in [2.24, 2.45) is 20.5 Å². The van der Waals surface area contributed by atoms with Crippen LogP contribution in [0.2, 0.25) is 0 Å². The van der Waals surface area contributed by atoms with Crippen LogP contribution >= 0.6 is 0 Å². The lowest BCUT2D eigenvalue weighted by atomic mass is 10.1. The van der Waals surface area contributed by atoms with Crippen LogP contribution in [0.3, 0.4) is 0 Å². The van der Waals surface area contributed by atoms with Gasteiger partial charge in [0.05, 0.1) is 33.2 Å². The van der Waals surface area contributed by atoms with E-state index in [0.717, 1.165) is 18.2 Å². The van der Waals surface area contributed by atoms with Gasteiger partial charge in [0, 0.05) is 48.0 Å². The molecule has 0 atom stereocenters. The summed E-state index contributed by atoms with van der Waals surface area (Å²) in [6.07, 6.45) is 0. The predicted molar refractivity (Wildman–Crippen MR) is 180 cm³/mol. The summed E-state index contributed by atoms with van der Waals surface area (Å²) in [5.41, 5.74) is 6.45. The molecule has 252 valence electrons. The first-order chi connectivity index (χ1) is 23.2. The van der Waals surface area contributed by atoms with Crippen molar-refractivity contribution >= 4 is 81.9 Å². The Balaban J connectivity index is 1.45. The van der Waals surface area contributed by atoms with Crippen molar-refractivity contribution in [1.29, 1.82) is 0 Å². The first kappa shape index (κ1) is 33.4. The fourth-order valence-corrected chi connectivity index (χ4v) is 6.60. The highest BCUT2D eigenvalue weighted by molar-refractivity contribution is 7.86. The quantitative estimate of drug-likeness (QED) is 0.0644. The number of nitrogens with two attached hydrogens (primary N) is 1. The molecule has 0 bridgehead atoms. The zero-order chi connectivity index (χ0) is 35.1.